The average molecular weight is 631 g/mol. The number of hydrogen-bond acceptors (Lipinski definition) is 9. The second kappa shape index (κ2) is 10.7. The minimum atomic E-state index is -1.31. The zero-order valence-corrected chi connectivity index (χ0v) is 28.4. The maximum absolute atomic E-state index is 14.9. The van der Waals surface area contributed by atoms with Crippen LogP contribution >= 0.6 is 0 Å². The molecule has 0 aromatic carbocycles. The summed E-state index contributed by atoms with van der Waals surface area (Å²) in [5.41, 5.74) is -2.00. The van der Waals surface area contributed by atoms with E-state index in [9.17, 15) is 24.3 Å². The number of ether oxygens (including phenoxy) is 4. The quantitative estimate of drug-likeness (QED) is 0.217. The number of esters is 1. The molecule has 252 valence electrons. The molecule has 1 N–H and O–H groups in total. The van der Waals surface area contributed by atoms with Crippen molar-refractivity contribution in [3.63, 3.8) is 0 Å². The van der Waals surface area contributed by atoms with Gasteiger partial charge in [0, 0.05) is 18.3 Å². The number of aliphatic hydroxyl groups is 1. The molecule has 13 atom stereocenters. The molecule has 0 bridgehead atoms. The summed E-state index contributed by atoms with van der Waals surface area (Å²) < 4.78 is 23.9. The smallest absolute Gasteiger partial charge is 0.303 e. The first-order valence-corrected chi connectivity index (χ1v) is 17.2. The topological polar surface area (TPSA) is 125 Å². The summed E-state index contributed by atoms with van der Waals surface area (Å²) in [5, 5.41) is 11.0. The highest BCUT2D eigenvalue weighted by Crippen LogP contribution is 2.89. The van der Waals surface area contributed by atoms with Crippen LogP contribution in [-0.2, 0) is 38.1 Å². The summed E-state index contributed by atoms with van der Waals surface area (Å²) in [6, 6.07) is 0. The van der Waals surface area contributed by atoms with E-state index < -0.39 is 41.6 Å². The fourth-order valence-electron chi connectivity index (χ4n) is 12.7. The molecule has 9 heteroatoms. The van der Waals surface area contributed by atoms with Gasteiger partial charge in [-0.1, -0.05) is 34.6 Å². The number of rotatable bonds is 9. The summed E-state index contributed by atoms with van der Waals surface area (Å²) in [6.45, 7) is 15.8. The third-order valence-corrected chi connectivity index (χ3v) is 14.6. The lowest BCUT2D eigenvalue weighted by molar-refractivity contribution is -0.221. The SMILES string of the molecule is CC(=O)O[C@@H](C1C[C@@H](C)[C@H]2C(O1)C(=O)C1(C)C3CC[C@H]4C(C)(C)[C@@H](O[C@@H](C=O)OCC=O)CC[C@@]45CC35CC[C@]21C)C(C)(C)O. The van der Waals surface area contributed by atoms with Crippen molar-refractivity contribution in [1.82, 2.24) is 0 Å². The van der Waals surface area contributed by atoms with E-state index >= 15 is 0 Å². The van der Waals surface area contributed by atoms with Gasteiger partial charge in [-0.05, 0) is 105 Å². The maximum atomic E-state index is 14.9. The van der Waals surface area contributed by atoms with Crippen molar-refractivity contribution < 1.29 is 43.2 Å². The van der Waals surface area contributed by atoms with E-state index in [2.05, 4.69) is 34.6 Å². The van der Waals surface area contributed by atoms with Gasteiger partial charge in [-0.2, -0.15) is 0 Å². The van der Waals surface area contributed by atoms with Crippen molar-refractivity contribution in [3.8, 4) is 0 Å². The van der Waals surface area contributed by atoms with E-state index in [1.54, 1.807) is 13.8 Å². The Kier molecular flexibility index (Phi) is 7.87. The van der Waals surface area contributed by atoms with E-state index in [1.807, 2.05) is 0 Å². The monoisotopic (exact) mass is 630 g/mol. The van der Waals surface area contributed by atoms with Crippen molar-refractivity contribution in [3.05, 3.63) is 0 Å². The Morgan fingerprint density at radius 3 is 2.36 bits per heavy atom. The summed E-state index contributed by atoms with van der Waals surface area (Å²) in [5.74, 6) is 0.636. The molecule has 45 heavy (non-hydrogen) atoms. The predicted octanol–water partition coefficient (Wildman–Crippen LogP) is 4.84. The number of carbonyl (C=O) groups excluding carboxylic acids is 4. The van der Waals surface area contributed by atoms with Gasteiger partial charge < -0.3 is 28.8 Å². The Bertz CT molecular complexity index is 1240. The number of fused-ring (bicyclic) bond motifs is 4. The highest BCUT2D eigenvalue weighted by atomic mass is 16.7. The molecule has 5 saturated carbocycles. The highest BCUT2D eigenvalue weighted by Gasteiger charge is 2.85. The van der Waals surface area contributed by atoms with Crippen LogP contribution in [0.25, 0.3) is 0 Å². The number of ketones is 1. The molecule has 0 aromatic rings. The first kappa shape index (κ1) is 33.2. The number of carbonyl (C=O) groups is 4. The van der Waals surface area contributed by atoms with Crippen molar-refractivity contribution in [2.24, 2.45) is 50.7 Å². The van der Waals surface area contributed by atoms with Crippen LogP contribution in [0.3, 0.4) is 0 Å². The first-order valence-electron chi connectivity index (χ1n) is 17.2. The Morgan fingerprint density at radius 2 is 1.73 bits per heavy atom. The lowest BCUT2D eigenvalue weighted by Gasteiger charge is -2.62. The number of Topliss-reactive ketones (excluding diaryl/α,β-unsaturated/α-hetero) is 1. The summed E-state index contributed by atoms with van der Waals surface area (Å²) in [7, 11) is 0. The molecule has 1 aliphatic heterocycles. The summed E-state index contributed by atoms with van der Waals surface area (Å²) >= 11 is 0. The van der Waals surface area contributed by atoms with Crippen LogP contribution in [0.4, 0.5) is 0 Å². The summed E-state index contributed by atoms with van der Waals surface area (Å²) in [4.78, 5) is 49.4. The molecule has 0 aromatic heterocycles. The fraction of sp³-hybridized carbons (Fsp3) is 0.889. The molecular formula is C36H54O9. The number of hydrogen-bond donors (Lipinski definition) is 1. The predicted molar refractivity (Wildman–Crippen MR) is 164 cm³/mol. The first-order chi connectivity index (χ1) is 20.9. The third-order valence-electron chi connectivity index (χ3n) is 14.6. The van der Waals surface area contributed by atoms with E-state index in [0.29, 0.717) is 24.9 Å². The van der Waals surface area contributed by atoms with Crippen LogP contribution in [0, 0.1) is 50.7 Å². The van der Waals surface area contributed by atoms with Crippen molar-refractivity contribution in [2.75, 3.05) is 6.61 Å². The van der Waals surface area contributed by atoms with Gasteiger partial charge in [0.2, 0.25) is 6.29 Å². The van der Waals surface area contributed by atoms with Gasteiger partial charge in [0.25, 0.3) is 0 Å². The molecule has 9 nitrogen and oxygen atoms in total. The van der Waals surface area contributed by atoms with E-state index in [1.165, 1.54) is 6.92 Å². The van der Waals surface area contributed by atoms with Gasteiger partial charge >= 0.3 is 5.97 Å². The van der Waals surface area contributed by atoms with Gasteiger partial charge in [0.05, 0.1) is 17.8 Å². The second-order valence-corrected chi connectivity index (χ2v) is 17.2. The minimum Gasteiger partial charge on any atom is -0.457 e. The van der Waals surface area contributed by atoms with E-state index in [0.717, 1.165) is 44.9 Å². The van der Waals surface area contributed by atoms with Crippen LogP contribution in [0.1, 0.15) is 107 Å². The molecular weight excluding hydrogens is 576 g/mol. The van der Waals surface area contributed by atoms with Crippen LogP contribution in [-0.4, -0.2) is 72.3 Å². The number of aldehydes is 2. The van der Waals surface area contributed by atoms with Gasteiger partial charge in [-0.25, -0.2) is 0 Å². The van der Waals surface area contributed by atoms with Crippen LogP contribution in [0.5, 0.6) is 0 Å². The molecule has 6 fully saturated rings. The van der Waals surface area contributed by atoms with Crippen LogP contribution in [0.15, 0.2) is 0 Å². The van der Waals surface area contributed by atoms with Crippen molar-refractivity contribution >= 4 is 24.3 Å². The lowest BCUT2D eigenvalue weighted by atomic mass is 9.41. The second-order valence-electron chi connectivity index (χ2n) is 17.2. The molecule has 5 unspecified atom stereocenters. The lowest BCUT2D eigenvalue weighted by Crippen LogP contribution is -2.59. The molecule has 1 heterocycles. The minimum absolute atomic E-state index is 0.0722. The Morgan fingerprint density at radius 1 is 1.07 bits per heavy atom. The molecule has 6 aliphatic rings. The van der Waals surface area contributed by atoms with Crippen molar-refractivity contribution in [1.29, 1.82) is 0 Å². The van der Waals surface area contributed by atoms with Crippen LogP contribution in [0.2, 0.25) is 0 Å². The molecule has 1 saturated heterocycles. The van der Waals surface area contributed by atoms with Gasteiger partial charge in [-0.15, -0.1) is 0 Å². The molecule has 0 radical (unpaired) electrons. The largest absolute Gasteiger partial charge is 0.457 e. The Hall–Kier alpha value is -1.68. The van der Waals surface area contributed by atoms with Gasteiger partial charge in [-0.3, -0.25) is 14.4 Å². The van der Waals surface area contributed by atoms with Crippen LogP contribution < -0.4 is 0 Å². The Balaban J connectivity index is 1.28. The molecule has 0 amide bonds. The van der Waals surface area contributed by atoms with Gasteiger partial charge in [0.15, 0.2) is 18.2 Å². The van der Waals surface area contributed by atoms with Gasteiger partial charge in [0.1, 0.15) is 19.0 Å². The molecule has 6 rings (SSSR count). The molecule has 2 spiro atoms. The highest BCUT2D eigenvalue weighted by molar-refractivity contribution is 5.93. The van der Waals surface area contributed by atoms with E-state index in [4.69, 9.17) is 18.9 Å². The Labute approximate surface area is 267 Å². The standard InChI is InChI=1S/C36H54O9/c1-20-17-22(30(32(5,6)41)43-21(2)39)44-28-27(20)33(7)13-14-36-19-35(36)12-11-25(45-26(18-38)42-16-15-37)31(3,4)23(35)9-10-24(36)34(33,8)29(28)40/h15,18,20,22-28,30,41H,9-14,16-17,19H2,1-8H3/t20-,22?,23+,24?,25+,26+,27+,28?,30+,33-,34?,35-,36?/m1/s1. The zero-order valence-electron chi connectivity index (χ0n) is 28.4. The van der Waals surface area contributed by atoms with Crippen molar-refractivity contribution in [2.45, 2.75) is 143 Å². The normalized spacial score (nSPS) is 47.6. The van der Waals surface area contributed by atoms with E-state index in [-0.39, 0.29) is 57.9 Å². The third kappa shape index (κ3) is 4.45. The zero-order chi connectivity index (χ0) is 33.0. The maximum Gasteiger partial charge on any atom is 0.303 e. The average Bonchev–Trinajstić information content (AvgIpc) is 3.59. The summed E-state index contributed by atoms with van der Waals surface area (Å²) in [6.07, 6.45) is 5.69. The fourth-order valence-corrected chi connectivity index (χ4v) is 12.7. The molecule has 5 aliphatic carbocycles.